The van der Waals surface area contributed by atoms with E-state index < -0.39 is 9.84 Å². The quantitative estimate of drug-likeness (QED) is 0.419. The molecular weight excluding hydrogens is 502 g/mol. The molecular formula is C28H35N5O4S. The minimum absolute atomic E-state index is 0.0678. The fourth-order valence-corrected chi connectivity index (χ4v) is 5.55. The number of benzene rings is 2. The topological polar surface area (TPSA) is 105 Å². The predicted molar refractivity (Wildman–Crippen MR) is 150 cm³/mol. The molecule has 10 heteroatoms. The Hall–Kier alpha value is -3.50. The molecule has 38 heavy (non-hydrogen) atoms. The third-order valence-electron chi connectivity index (χ3n) is 6.84. The highest BCUT2D eigenvalue weighted by Gasteiger charge is 2.27. The molecule has 0 bridgehead atoms. The monoisotopic (exact) mass is 537 g/mol. The summed E-state index contributed by atoms with van der Waals surface area (Å²) in [6.45, 7) is 5.69. The number of aromatic nitrogens is 2. The van der Waals surface area contributed by atoms with Crippen LogP contribution in [0.5, 0.6) is 0 Å². The van der Waals surface area contributed by atoms with Crippen molar-refractivity contribution in [1.82, 2.24) is 19.4 Å². The first-order valence-corrected chi connectivity index (χ1v) is 14.9. The Morgan fingerprint density at radius 1 is 1.16 bits per heavy atom. The normalized spacial score (nSPS) is 16.4. The van der Waals surface area contributed by atoms with Crippen LogP contribution < -0.4 is 5.32 Å². The van der Waals surface area contributed by atoms with Gasteiger partial charge < -0.3 is 14.4 Å². The lowest BCUT2D eigenvalue weighted by Gasteiger charge is -2.27. The molecule has 1 fully saturated rings. The lowest BCUT2D eigenvalue weighted by atomic mass is 10.1. The fraction of sp³-hybridized carbons (Fsp3) is 0.393. The molecule has 0 saturated carbocycles. The molecule has 0 unspecified atom stereocenters. The molecule has 4 rings (SSSR count). The van der Waals surface area contributed by atoms with Crippen LogP contribution >= 0.6 is 0 Å². The average molecular weight is 538 g/mol. The van der Waals surface area contributed by atoms with E-state index in [2.05, 4.69) is 16.5 Å². The van der Waals surface area contributed by atoms with Gasteiger partial charge in [-0.25, -0.2) is 13.4 Å². The molecule has 1 aliphatic heterocycles. The van der Waals surface area contributed by atoms with E-state index in [1.54, 1.807) is 17.0 Å². The van der Waals surface area contributed by atoms with Crippen molar-refractivity contribution < 1.29 is 18.0 Å². The molecule has 3 aromatic rings. The first kappa shape index (κ1) is 27.5. The van der Waals surface area contributed by atoms with Crippen LogP contribution in [-0.4, -0.2) is 78.3 Å². The largest absolute Gasteiger partial charge is 0.337 e. The highest BCUT2D eigenvalue weighted by atomic mass is 32.2. The molecule has 0 aliphatic carbocycles. The Balaban J connectivity index is 1.77. The van der Waals surface area contributed by atoms with Crippen molar-refractivity contribution in [3.05, 3.63) is 72.3 Å². The maximum Gasteiger partial charge on any atom is 0.257 e. The number of fused-ring (bicyclic) bond motifs is 1. The van der Waals surface area contributed by atoms with Gasteiger partial charge in [-0.1, -0.05) is 36.9 Å². The zero-order valence-corrected chi connectivity index (χ0v) is 22.8. The van der Waals surface area contributed by atoms with Gasteiger partial charge in [0.05, 0.1) is 22.8 Å². The number of imidazole rings is 1. The number of anilines is 1. The number of nitrogens with zero attached hydrogens (tertiary/aromatic N) is 4. The molecule has 2 heterocycles. The maximum atomic E-state index is 13.1. The number of carbonyl (C=O) groups excluding carboxylic acids is 2. The number of carbonyl (C=O) groups is 2. The number of rotatable bonds is 9. The fourth-order valence-electron chi connectivity index (χ4n) is 4.91. The summed E-state index contributed by atoms with van der Waals surface area (Å²) in [5.41, 5.74) is 3.10. The van der Waals surface area contributed by atoms with Gasteiger partial charge in [0.15, 0.2) is 0 Å². The van der Waals surface area contributed by atoms with Crippen molar-refractivity contribution in [1.29, 1.82) is 0 Å². The predicted octanol–water partition coefficient (Wildman–Crippen LogP) is 3.50. The SMILES string of the molecule is C=CC(=O)N1CCCC[C@@H](n2c(NC(=O)c3ccccc3)nc3cccc(CN(C)CCS(C)(=O)=O)c32)C1. The van der Waals surface area contributed by atoms with Gasteiger partial charge in [-0.2, -0.15) is 0 Å². The highest BCUT2D eigenvalue weighted by molar-refractivity contribution is 7.90. The molecule has 1 N–H and O–H groups in total. The molecule has 2 amide bonds. The molecule has 1 saturated heterocycles. The number of amides is 2. The maximum absolute atomic E-state index is 13.1. The van der Waals surface area contributed by atoms with Crippen LogP contribution in [0.2, 0.25) is 0 Å². The number of hydrogen-bond donors (Lipinski definition) is 1. The van der Waals surface area contributed by atoms with Crippen molar-refractivity contribution in [3.8, 4) is 0 Å². The van der Waals surface area contributed by atoms with E-state index in [1.807, 2.05) is 48.3 Å². The second kappa shape index (κ2) is 11.9. The van der Waals surface area contributed by atoms with Crippen LogP contribution in [0.15, 0.2) is 61.2 Å². The van der Waals surface area contributed by atoms with Crippen molar-refractivity contribution in [3.63, 3.8) is 0 Å². The van der Waals surface area contributed by atoms with Crippen molar-refractivity contribution in [2.24, 2.45) is 0 Å². The van der Waals surface area contributed by atoms with Gasteiger partial charge in [0.1, 0.15) is 9.84 Å². The Kier molecular flexibility index (Phi) is 8.63. The molecule has 1 aliphatic rings. The highest BCUT2D eigenvalue weighted by Crippen LogP contribution is 2.33. The summed E-state index contributed by atoms with van der Waals surface area (Å²) < 4.78 is 25.5. The summed E-state index contributed by atoms with van der Waals surface area (Å²) >= 11 is 0. The number of sulfone groups is 1. The van der Waals surface area contributed by atoms with Gasteiger partial charge in [0, 0.05) is 38.0 Å². The summed E-state index contributed by atoms with van der Waals surface area (Å²) in [6.07, 6.45) is 5.21. The number of likely N-dealkylation sites (tertiary alicyclic amines) is 1. The van der Waals surface area contributed by atoms with Gasteiger partial charge in [-0.3, -0.25) is 14.9 Å². The Morgan fingerprint density at radius 2 is 1.92 bits per heavy atom. The third-order valence-corrected chi connectivity index (χ3v) is 7.76. The molecule has 9 nitrogen and oxygen atoms in total. The van der Waals surface area contributed by atoms with E-state index in [1.165, 1.54) is 12.3 Å². The summed E-state index contributed by atoms with van der Waals surface area (Å²) in [5, 5.41) is 3.01. The molecule has 0 spiro atoms. The summed E-state index contributed by atoms with van der Waals surface area (Å²) in [5.74, 6) is 0.120. The van der Waals surface area contributed by atoms with Crippen molar-refractivity contribution in [2.75, 3.05) is 44.0 Å². The third kappa shape index (κ3) is 6.68. The van der Waals surface area contributed by atoms with Gasteiger partial charge in [0.2, 0.25) is 11.9 Å². The summed E-state index contributed by atoms with van der Waals surface area (Å²) in [4.78, 5) is 34.3. The standard InChI is InChI=1S/C28H35N5O4S/c1-4-25(34)32-16-9-8-14-23(20-32)33-26-22(19-31(2)17-18-38(3,36)37)13-10-15-24(26)29-28(33)30-27(35)21-11-6-5-7-12-21/h4-7,10-13,15,23H,1,8-9,14,16-20H2,2-3H3,(H,29,30,35)/t23-/m1/s1. The van der Waals surface area contributed by atoms with E-state index in [4.69, 9.17) is 4.98 Å². The minimum Gasteiger partial charge on any atom is -0.337 e. The molecule has 0 radical (unpaired) electrons. The number of para-hydroxylation sites is 1. The average Bonchev–Trinajstić information content (AvgIpc) is 3.08. The van der Waals surface area contributed by atoms with Crippen LogP contribution in [-0.2, 0) is 21.2 Å². The van der Waals surface area contributed by atoms with Crippen LogP contribution in [0.1, 0.15) is 41.2 Å². The van der Waals surface area contributed by atoms with Crippen LogP contribution in [0.3, 0.4) is 0 Å². The van der Waals surface area contributed by atoms with E-state index in [0.29, 0.717) is 37.7 Å². The number of nitrogens with one attached hydrogen (secondary N) is 1. The lowest BCUT2D eigenvalue weighted by molar-refractivity contribution is -0.126. The van der Waals surface area contributed by atoms with Gasteiger partial charge in [-0.15, -0.1) is 0 Å². The van der Waals surface area contributed by atoms with Crippen LogP contribution in [0.4, 0.5) is 5.95 Å². The van der Waals surface area contributed by atoms with Crippen LogP contribution in [0.25, 0.3) is 11.0 Å². The Morgan fingerprint density at radius 3 is 2.63 bits per heavy atom. The van der Waals surface area contributed by atoms with Crippen LogP contribution in [0, 0.1) is 0 Å². The van der Waals surface area contributed by atoms with E-state index in [-0.39, 0.29) is 23.6 Å². The smallest absolute Gasteiger partial charge is 0.257 e. The summed E-state index contributed by atoms with van der Waals surface area (Å²) in [6, 6.07) is 14.7. The molecule has 2 aromatic carbocycles. The van der Waals surface area contributed by atoms with E-state index in [0.717, 1.165) is 35.9 Å². The van der Waals surface area contributed by atoms with Gasteiger partial charge >= 0.3 is 0 Å². The first-order valence-electron chi connectivity index (χ1n) is 12.8. The van der Waals surface area contributed by atoms with Gasteiger partial charge in [-0.05, 0) is 56.1 Å². The second-order valence-electron chi connectivity index (χ2n) is 9.92. The Labute approximate surface area is 224 Å². The van der Waals surface area contributed by atoms with Gasteiger partial charge in [0.25, 0.3) is 5.91 Å². The molecule has 1 aromatic heterocycles. The summed E-state index contributed by atoms with van der Waals surface area (Å²) in [7, 11) is -1.20. The van der Waals surface area contributed by atoms with Crippen molar-refractivity contribution in [2.45, 2.75) is 31.8 Å². The van der Waals surface area contributed by atoms with E-state index >= 15 is 0 Å². The Bertz CT molecular complexity index is 1420. The van der Waals surface area contributed by atoms with E-state index in [9.17, 15) is 18.0 Å². The molecule has 202 valence electrons. The molecule has 1 atom stereocenters. The minimum atomic E-state index is -3.09. The first-order chi connectivity index (χ1) is 18.2. The zero-order valence-electron chi connectivity index (χ0n) is 22.0. The lowest BCUT2D eigenvalue weighted by Crippen LogP contribution is -2.34. The van der Waals surface area contributed by atoms with Crippen molar-refractivity contribution >= 4 is 38.6 Å². The zero-order chi connectivity index (χ0) is 27.3. The second-order valence-corrected chi connectivity index (χ2v) is 12.2. The number of hydrogen-bond acceptors (Lipinski definition) is 6.